The molecule has 1 saturated carbocycles. The molecule has 1 aromatic carbocycles. The number of hydrogen-bond donors (Lipinski definition) is 2. The molecule has 1 aliphatic carbocycles. The lowest BCUT2D eigenvalue weighted by molar-refractivity contribution is -0.137. The van der Waals surface area contributed by atoms with Crippen molar-refractivity contribution in [2.24, 2.45) is 0 Å². The van der Waals surface area contributed by atoms with Gasteiger partial charge in [-0.25, -0.2) is 14.3 Å². The molecule has 0 aliphatic heterocycles. The van der Waals surface area contributed by atoms with Crippen LogP contribution in [0.3, 0.4) is 0 Å². The first kappa shape index (κ1) is 18.3. The van der Waals surface area contributed by atoms with Crippen LogP contribution in [0.5, 0.6) is 0 Å². The van der Waals surface area contributed by atoms with Crippen molar-refractivity contribution in [2.45, 2.75) is 24.4 Å². The second-order valence-corrected chi connectivity index (χ2v) is 7.23. The molecule has 1 aliphatic rings. The molecule has 2 N–H and O–H groups in total. The number of hydrogen-bond acceptors (Lipinski definition) is 4. The Bertz CT molecular complexity index is 1370. The van der Waals surface area contributed by atoms with Gasteiger partial charge in [0.1, 0.15) is 0 Å². The molecular formula is C20H14F3N5O2. The maximum Gasteiger partial charge on any atom is 0.416 e. The Kier molecular flexibility index (Phi) is 3.92. The summed E-state index contributed by atoms with van der Waals surface area (Å²) in [5, 5.41) is 4.39. The lowest BCUT2D eigenvalue weighted by Crippen LogP contribution is -2.23. The highest BCUT2D eigenvalue weighted by atomic mass is 19.4. The van der Waals surface area contributed by atoms with Gasteiger partial charge >= 0.3 is 11.9 Å². The molecule has 0 bridgehead atoms. The van der Waals surface area contributed by atoms with Crippen molar-refractivity contribution in [2.75, 3.05) is 0 Å². The Labute approximate surface area is 166 Å². The summed E-state index contributed by atoms with van der Waals surface area (Å²) in [6.07, 6.45) is 0.919. The van der Waals surface area contributed by atoms with Crippen LogP contribution < -0.4 is 11.2 Å². The van der Waals surface area contributed by atoms with Crippen LogP contribution in [0, 0.1) is 0 Å². The lowest BCUT2D eigenvalue weighted by Gasteiger charge is -2.09. The largest absolute Gasteiger partial charge is 0.416 e. The fourth-order valence-electron chi connectivity index (χ4n) is 3.77. The zero-order chi connectivity index (χ0) is 21.0. The van der Waals surface area contributed by atoms with Gasteiger partial charge in [0.2, 0.25) is 0 Å². The van der Waals surface area contributed by atoms with E-state index in [4.69, 9.17) is 0 Å². The topological polar surface area (TPSA) is 95.9 Å². The molecule has 5 rings (SSSR count). The van der Waals surface area contributed by atoms with Crippen molar-refractivity contribution < 1.29 is 13.2 Å². The van der Waals surface area contributed by atoms with Crippen molar-refractivity contribution in [1.82, 2.24) is 24.6 Å². The molecular weight excluding hydrogens is 399 g/mol. The Morgan fingerprint density at radius 2 is 1.87 bits per heavy atom. The first-order chi connectivity index (χ1) is 14.3. The highest BCUT2D eigenvalue weighted by molar-refractivity contribution is 5.63. The minimum absolute atomic E-state index is 0.0372. The summed E-state index contributed by atoms with van der Waals surface area (Å²) in [6.45, 7) is 0. The van der Waals surface area contributed by atoms with Crippen molar-refractivity contribution in [3.8, 4) is 11.3 Å². The van der Waals surface area contributed by atoms with Crippen molar-refractivity contribution in [3.63, 3.8) is 0 Å². The van der Waals surface area contributed by atoms with Crippen molar-refractivity contribution >= 4 is 5.65 Å². The van der Waals surface area contributed by atoms with Gasteiger partial charge in [-0.2, -0.15) is 18.3 Å². The average molecular weight is 413 g/mol. The summed E-state index contributed by atoms with van der Waals surface area (Å²) in [5.41, 5.74) is 1.01. The van der Waals surface area contributed by atoms with Crippen LogP contribution in [-0.4, -0.2) is 24.6 Å². The molecule has 3 heterocycles. The zero-order valence-corrected chi connectivity index (χ0v) is 15.3. The van der Waals surface area contributed by atoms with Crippen LogP contribution in [-0.2, 0) is 6.18 Å². The number of aromatic amines is 2. The summed E-state index contributed by atoms with van der Waals surface area (Å²) >= 11 is 0. The summed E-state index contributed by atoms with van der Waals surface area (Å²) in [5.74, 6) is 0.0899. The molecule has 7 nitrogen and oxygen atoms in total. The first-order valence-electron chi connectivity index (χ1n) is 9.15. The van der Waals surface area contributed by atoms with Gasteiger partial charge in [-0.3, -0.25) is 9.78 Å². The van der Waals surface area contributed by atoms with Gasteiger partial charge in [0.05, 0.1) is 16.8 Å². The van der Waals surface area contributed by atoms with Gasteiger partial charge in [-0.05, 0) is 42.0 Å². The molecule has 2 atom stereocenters. The SMILES string of the molecule is O=c1[nH]cc(-c2cc([C@@H]3C[C@H]3c3ccc(C(F)(F)F)cc3)c3nccn3n2)c(=O)[nH]1. The monoisotopic (exact) mass is 413 g/mol. The van der Waals surface area contributed by atoms with Crippen LogP contribution in [0.2, 0.25) is 0 Å². The summed E-state index contributed by atoms with van der Waals surface area (Å²) in [7, 11) is 0. The Morgan fingerprint density at radius 1 is 1.10 bits per heavy atom. The van der Waals surface area contributed by atoms with Crippen LogP contribution in [0.4, 0.5) is 13.2 Å². The van der Waals surface area contributed by atoms with Gasteiger partial charge in [0.25, 0.3) is 5.56 Å². The number of nitrogens with zero attached hydrogens (tertiary/aromatic N) is 3. The summed E-state index contributed by atoms with van der Waals surface area (Å²) in [6, 6.07) is 6.94. The number of alkyl halides is 3. The minimum Gasteiger partial charge on any atom is -0.313 e. The average Bonchev–Trinajstić information content (AvgIpc) is 3.35. The van der Waals surface area contributed by atoms with E-state index in [1.807, 2.05) is 0 Å². The molecule has 0 saturated heterocycles. The molecule has 152 valence electrons. The molecule has 3 aromatic heterocycles. The van der Waals surface area contributed by atoms with Gasteiger partial charge in [0.15, 0.2) is 5.65 Å². The Balaban J connectivity index is 1.53. The molecule has 1 fully saturated rings. The predicted molar refractivity (Wildman–Crippen MR) is 101 cm³/mol. The summed E-state index contributed by atoms with van der Waals surface area (Å²) in [4.78, 5) is 32.4. The van der Waals surface area contributed by atoms with E-state index in [1.165, 1.54) is 18.3 Å². The minimum atomic E-state index is -4.37. The summed E-state index contributed by atoms with van der Waals surface area (Å²) < 4.78 is 40.0. The molecule has 0 amide bonds. The molecule has 30 heavy (non-hydrogen) atoms. The van der Waals surface area contributed by atoms with E-state index in [0.717, 1.165) is 29.7 Å². The number of H-pyrrole nitrogens is 2. The molecule has 0 spiro atoms. The molecule has 10 heteroatoms. The lowest BCUT2D eigenvalue weighted by atomic mass is 10.0. The maximum atomic E-state index is 12.8. The van der Waals surface area contributed by atoms with Gasteiger partial charge in [-0.1, -0.05) is 12.1 Å². The third-order valence-electron chi connectivity index (χ3n) is 5.34. The van der Waals surface area contributed by atoms with E-state index in [0.29, 0.717) is 11.3 Å². The Morgan fingerprint density at radius 3 is 2.57 bits per heavy atom. The van der Waals surface area contributed by atoms with Crippen LogP contribution in [0.25, 0.3) is 16.9 Å². The smallest absolute Gasteiger partial charge is 0.313 e. The van der Waals surface area contributed by atoms with Gasteiger partial charge in [0, 0.05) is 24.2 Å². The number of nitrogens with one attached hydrogen (secondary N) is 2. The second-order valence-electron chi connectivity index (χ2n) is 7.23. The van der Waals surface area contributed by atoms with Crippen molar-refractivity contribution in [1.29, 1.82) is 0 Å². The molecule has 4 aromatic rings. The number of halogens is 3. The number of aromatic nitrogens is 5. The quantitative estimate of drug-likeness (QED) is 0.540. The predicted octanol–water partition coefficient (Wildman–Crippen LogP) is 3.06. The fraction of sp³-hybridized carbons (Fsp3) is 0.200. The van der Waals surface area contributed by atoms with Gasteiger partial charge < -0.3 is 4.98 Å². The third-order valence-corrected chi connectivity index (χ3v) is 5.34. The van der Waals surface area contributed by atoms with E-state index in [9.17, 15) is 22.8 Å². The standard InChI is InChI=1S/C20H14F3N5O2/c21-20(22,23)11-3-1-10(2-4-11)12-7-13(12)14-8-16(27-28-6-5-24-17(14)28)15-9-25-19(30)26-18(15)29/h1-6,8-9,12-13H,7H2,(H2,25,26,29,30)/t12-,13+/m0/s1. The number of rotatable bonds is 3. The number of benzene rings is 1. The zero-order valence-electron chi connectivity index (χ0n) is 15.3. The van der Waals surface area contributed by atoms with E-state index >= 15 is 0 Å². The number of imidazole rings is 1. The Hall–Kier alpha value is -3.69. The highest BCUT2D eigenvalue weighted by Crippen LogP contribution is 2.55. The molecule has 0 radical (unpaired) electrons. The van der Waals surface area contributed by atoms with Crippen LogP contribution >= 0.6 is 0 Å². The third kappa shape index (κ3) is 3.10. The maximum absolute atomic E-state index is 12.8. The highest BCUT2D eigenvalue weighted by Gasteiger charge is 2.42. The van der Waals surface area contributed by atoms with Crippen molar-refractivity contribution in [3.05, 3.63) is 86.5 Å². The first-order valence-corrected chi connectivity index (χ1v) is 9.15. The van der Waals surface area contributed by atoms with Gasteiger partial charge in [-0.15, -0.1) is 0 Å². The number of fused-ring (bicyclic) bond motifs is 1. The van der Waals surface area contributed by atoms with E-state index < -0.39 is 23.0 Å². The fourth-order valence-corrected chi connectivity index (χ4v) is 3.77. The van der Waals surface area contributed by atoms with Crippen LogP contribution in [0.1, 0.15) is 34.9 Å². The van der Waals surface area contributed by atoms with E-state index in [2.05, 4.69) is 20.1 Å². The normalized spacial score (nSPS) is 18.6. The van der Waals surface area contributed by atoms with E-state index in [-0.39, 0.29) is 17.4 Å². The molecule has 0 unspecified atom stereocenters. The van der Waals surface area contributed by atoms with Crippen LogP contribution in [0.15, 0.2) is 58.5 Å². The van der Waals surface area contributed by atoms with E-state index in [1.54, 1.807) is 23.0 Å². The second kappa shape index (κ2) is 6.41.